The van der Waals surface area contributed by atoms with Crippen LogP contribution in [0.25, 0.3) is 11.3 Å². The molecule has 0 aliphatic heterocycles. The van der Waals surface area contributed by atoms with Gasteiger partial charge < -0.3 is 5.32 Å². The van der Waals surface area contributed by atoms with Crippen molar-refractivity contribution in [1.82, 2.24) is 4.37 Å². The molecule has 2 aromatic carbocycles. The molecule has 1 amide bonds. The van der Waals surface area contributed by atoms with Crippen LogP contribution in [0.15, 0.2) is 59.1 Å². The maximum Gasteiger partial charge on any atom is 0.257 e. The van der Waals surface area contributed by atoms with Crippen molar-refractivity contribution in [2.45, 2.75) is 0 Å². The third kappa shape index (κ3) is 3.23. The maximum absolute atomic E-state index is 13.1. The highest BCUT2D eigenvalue weighted by Gasteiger charge is 2.13. The Kier molecular flexibility index (Phi) is 4.31. The van der Waals surface area contributed by atoms with E-state index in [1.54, 1.807) is 0 Å². The number of halogens is 2. The average Bonchev–Trinajstić information content (AvgIpc) is 2.96. The SMILES string of the molecule is O=C(Nc1cc(-c2ccccc2)ns1)c1ccc(F)cc1Br. The van der Waals surface area contributed by atoms with Gasteiger partial charge in [-0.3, -0.25) is 4.79 Å². The lowest BCUT2D eigenvalue weighted by Gasteiger charge is -2.04. The van der Waals surface area contributed by atoms with E-state index in [2.05, 4.69) is 25.6 Å². The summed E-state index contributed by atoms with van der Waals surface area (Å²) in [6, 6.07) is 15.5. The van der Waals surface area contributed by atoms with Gasteiger partial charge in [0.2, 0.25) is 0 Å². The highest BCUT2D eigenvalue weighted by molar-refractivity contribution is 9.10. The number of hydrogen-bond donors (Lipinski definition) is 1. The molecule has 0 saturated heterocycles. The second-order valence-electron chi connectivity index (χ2n) is 4.52. The van der Waals surface area contributed by atoms with Gasteiger partial charge in [-0.25, -0.2) is 4.39 Å². The summed E-state index contributed by atoms with van der Waals surface area (Å²) in [6.45, 7) is 0. The second-order valence-corrected chi connectivity index (χ2v) is 6.18. The summed E-state index contributed by atoms with van der Waals surface area (Å²) < 4.78 is 17.8. The molecule has 1 N–H and O–H groups in total. The van der Waals surface area contributed by atoms with Gasteiger partial charge in [0.05, 0.1) is 11.3 Å². The summed E-state index contributed by atoms with van der Waals surface area (Å²) in [7, 11) is 0. The fraction of sp³-hybridized carbons (Fsp3) is 0. The van der Waals surface area contributed by atoms with Crippen LogP contribution in [0, 0.1) is 5.82 Å². The number of nitrogens with zero attached hydrogens (tertiary/aromatic N) is 1. The Morgan fingerprint density at radius 2 is 1.91 bits per heavy atom. The predicted molar refractivity (Wildman–Crippen MR) is 89.6 cm³/mol. The Hall–Kier alpha value is -2.05. The molecule has 1 heterocycles. The van der Waals surface area contributed by atoms with Gasteiger partial charge in [-0.05, 0) is 45.7 Å². The highest BCUT2D eigenvalue weighted by Crippen LogP contribution is 2.26. The quantitative estimate of drug-likeness (QED) is 0.701. The summed E-state index contributed by atoms with van der Waals surface area (Å²) >= 11 is 4.39. The number of hydrogen-bond acceptors (Lipinski definition) is 3. The molecule has 110 valence electrons. The van der Waals surface area contributed by atoms with Crippen LogP contribution in [-0.4, -0.2) is 10.3 Å². The van der Waals surface area contributed by atoms with E-state index in [9.17, 15) is 9.18 Å². The van der Waals surface area contributed by atoms with Crippen LogP contribution in [0.2, 0.25) is 0 Å². The first-order valence-electron chi connectivity index (χ1n) is 6.42. The van der Waals surface area contributed by atoms with Crippen molar-refractivity contribution in [2.75, 3.05) is 5.32 Å². The summed E-state index contributed by atoms with van der Waals surface area (Å²) in [5, 5.41) is 3.41. The zero-order valence-electron chi connectivity index (χ0n) is 11.2. The monoisotopic (exact) mass is 376 g/mol. The third-order valence-electron chi connectivity index (χ3n) is 2.99. The van der Waals surface area contributed by atoms with Crippen LogP contribution in [-0.2, 0) is 0 Å². The van der Waals surface area contributed by atoms with E-state index in [-0.39, 0.29) is 5.91 Å². The number of amides is 1. The van der Waals surface area contributed by atoms with Crippen LogP contribution in [0.4, 0.5) is 9.39 Å². The molecule has 3 rings (SSSR count). The number of rotatable bonds is 3. The highest BCUT2D eigenvalue weighted by atomic mass is 79.9. The molecule has 22 heavy (non-hydrogen) atoms. The summed E-state index contributed by atoms with van der Waals surface area (Å²) in [5.74, 6) is -0.706. The number of aromatic nitrogens is 1. The molecule has 0 bridgehead atoms. The summed E-state index contributed by atoms with van der Waals surface area (Å²) in [4.78, 5) is 12.2. The van der Waals surface area contributed by atoms with Crippen LogP contribution in [0.3, 0.4) is 0 Å². The van der Waals surface area contributed by atoms with Crippen molar-refractivity contribution in [3.8, 4) is 11.3 Å². The molecule has 0 fully saturated rings. The van der Waals surface area contributed by atoms with Crippen molar-refractivity contribution < 1.29 is 9.18 Å². The van der Waals surface area contributed by atoms with Gasteiger partial charge in [0, 0.05) is 16.1 Å². The van der Waals surface area contributed by atoms with Gasteiger partial charge in [0.25, 0.3) is 5.91 Å². The van der Waals surface area contributed by atoms with E-state index in [0.717, 1.165) is 11.3 Å². The van der Waals surface area contributed by atoms with E-state index in [0.29, 0.717) is 15.0 Å². The number of nitrogens with one attached hydrogen (secondary N) is 1. The minimum Gasteiger partial charge on any atom is -0.312 e. The van der Waals surface area contributed by atoms with Gasteiger partial charge in [-0.15, -0.1) is 0 Å². The number of anilines is 1. The lowest BCUT2D eigenvalue weighted by atomic mass is 10.1. The van der Waals surface area contributed by atoms with Gasteiger partial charge in [-0.2, -0.15) is 4.37 Å². The molecule has 0 aliphatic rings. The smallest absolute Gasteiger partial charge is 0.257 e. The van der Waals surface area contributed by atoms with Crippen molar-refractivity contribution in [3.63, 3.8) is 0 Å². The Morgan fingerprint density at radius 3 is 2.64 bits per heavy atom. The van der Waals surface area contributed by atoms with E-state index in [1.165, 1.54) is 29.7 Å². The molecule has 3 aromatic rings. The molecule has 0 aliphatic carbocycles. The van der Waals surface area contributed by atoms with E-state index < -0.39 is 5.82 Å². The van der Waals surface area contributed by atoms with Crippen molar-refractivity contribution in [2.24, 2.45) is 0 Å². The molecular formula is C16H10BrFN2OS. The number of carbonyl (C=O) groups is 1. The molecule has 0 atom stereocenters. The number of benzene rings is 2. The van der Waals surface area contributed by atoms with E-state index >= 15 is 0 Å². The molecule has 0 spiro atoms. The standard InChI is InChI=1S/C16H10BrFN2OS/c17-13-8-11(18)6-7-12(13)16(21)19-15-9-14(20-22-15)10-4-2-1-3-5-10/h1-9H,(H,19,21). The molecule has 0 radical (unpaired) electrons. The fourth-order valence-corrected chi connectivity index (χ4v) is 3.12. The predicted octanol–water partition coefficient (Wildman–Crippen LogP) is 4.96. The molecule has 0 unspecified atom stereocenters. The van der Waals surface area contributed by atoms with Gasteiger partial charge in [0.15, 0.2) is 0 Å². The Labute approximate surface area is 139 Å². The summed E-state index contributed by atoms with van der Waals surface area (Å²) in [5.41, 5.74) is 2.16. The molecule has 0 saturated carbocycles. The average molecular weight is 377 g/mol. The lowest BCUT2D eigenvalue weighted by molar-refractivity contribution is 0.102. The Balaban J connectivity index is 1.79. The Morgan fingerprint density at radius 1 is 1.14 bits per heavy atom. The van der Waals surface area contributed by atoms with Crippen LogP contribution in [0.5, 0.6) is 0 Å². The van der Waals surface area contributed by atoms with Gasteiger partial charge in [0.1, 0.15) is 10.8 Å². The van der Waals surface area contributed by atoms with Crippen molar-refractivity contribution in [1.29, 1.82) is 0 Å². The first-order chi connectivity index (χ1) is 10.6. The number of carbonyl (C=O) groups excluding carboxylic acids is 1. The van der Waals surface area contributed by atoms with E-state index in [1.807, 2.05) is 36.4 Å². The second kappa shape index (κ2) is 6.37. The first kappa shape index (κ1) is 14.9. The van der Waals surface area contributed by atoms with Crippen LogP contribution in [0.1, 0.15) is 10.4 Å². The maximum atomic E-state index is 13.1. The normalized spacial score (nSPS) is 10.5. The van der Waals surface area contributed by atoms with Crippen molar-refractivity contribution >= 4 is 38.4 Å². The zero-order chi connectivity index (χ0) is 15.5. The third-order valence-corrected chi connectivity index (χ3v) is 4.35. The zero-order valence-corrected chi connectivity index (χ0v) is 13.6. The summed E-state index contributed by atoms with van der Waals surface area (Å²) in [6.07, 6.45) is 0. The first-order valence-corrected chi connectivity index (χ1v) is 7.98. The molecule has 6 heteroatoms. The minimum atomic E-state index is -0.396. The lowest BCUT2D eigenvalue weighted by Crippen LogP contribution is -2.11. The fourth-order valence-electron chi connectivity index (χ4n) is 1.93. The van der Waals surface area contributed by atoms with Crippen LogP contribution >= 0.6 is 27.5 Å². The van der Waals surface area contributed by atoms with Crippen LogP contribution < -0.4 is 5.32 Å². The minimum absolute atomic E-state index is 0.310. The van der Waals surface area contributed by atoms with Gasteiger partial charge in [-0.1, -0.05) is 30.3 Å². The van der Waals surface area contributed by atoms with E-state index in [4.69, 9.17) is 0 Å². The Bertz CT molecular complexity index is 820. The molecule has 1 aromatic heterocycles. The molecule has 3 nitrogen and oxygen atoms in total. The molecular weight excluding hydrogens is 367 g/mol. The van der Waals surface area contributed by atoms with Gasteiger partial charge >= 0.3 is 0 Å². The van der Waals surface area contributed by atoms with Crippen molar-refractivity contribution in [3.05, 3.63) is 70.5 Å². The largest absolute Gasteiger partial charge is 0.312 e. The topological polar surface area (TPSA) is 42.0 Å².